The van der Waals surface area contributed by atoms with Crippen molar-refractivity contribution in [3.63, 3.8) is 0 Å². The summed E-state index contributed by atoms with van der Waals surface area (Å²) >= 11 is 0. The molecule has 2 N–H and O–H groups in total. The average Bonchev–Trinajstić information content (AvgIpc) is 2.96. The summed E-state index contributed by atoms with van der Waals surface area (Å²) in [4.78, 5) is 17.9. The van der Waals surface area contributed by atoms with Gasteiger partial charge in [-0.15, -0.1) is 0 Å². The van der Waals surface area contributed by atoms with E-state index in [0.29, 0.717) is 12.5 Å². The van der Waals surface area contributed by atoms with Gasteiger partial charge in [-0.3, -0.25) is 9.91 Å². The molecule has 1 aromatic rings. The molecule has 1 atom stereocenters. The highest BCUT2D eigenvalue weighted by Crippen LogP contribution is 2.49. The van der Waals surface area contributed by atoms with Gasteiger partial charge < -0.3 is 10.0 Å². The number of hydrazine groups is 1. The maximum absolute atomic E-state index is 13.4. The lowest BCUT2D eigenvalue weighted by Crippen LogP contribution is -2.56. The molecule has 1 heterocycles. The number of hydrogen-bond donors (Lipinski definition) is 2. The number of urea groups is 1. The number of amides is 2. The zero-order valence-corrected chi connectivity index (χ0v) is 18.8. The third-order valence-electron chi connectivity index (χ3n) is 7.98. The molecule has 6 heteroatoms. The van der Waals surface area contributed by atoms with E-state index >= 15 is 0 Å². The first-order chi connectivity index (χ1) is 14.4. The summed E-state index contributed by atoms with van der Waals surface area (Å²) in [7, 11) is 4.38. The highest BCUT2D eigenvalue weighted by Gasteiger charge is 2.55. The normalized spacial score (nSPS) is 30.9. The van der Waals surface area contributed by atoms with E-state index < -0.39 is 0 Å². The Morgan fingerprint density at radius 2 is 1.83 bits per heavy atom. The Bertz CT molecular complexity index is 726. The van der Waals surface area contributed by atoms with Crippen molar-refractivity contribution in [1.82, 2.24) is 20.2 Å². The molecule has 30 heavy (non-hydrogen) atoms. The number of aliphatic hydroxyl groups is 1. The van der Waals surface area contributed by atoms with Crippen LogP contribution in [0.4, 0.5) is 4.79 Å². The molecule has 6 nitrogen and oxygen atoms in total. The predicted octanol–water partition coefficient (Wildman–Crippen LogP) is 3.18. The number of benzene rings is 1. The third-order valence-corrected chi connectivity index (χ3v) is 7.98. The van der Waals surface area contributed by atoms with Crippen LogP contribution in [0.15, 0.2) is 30.3 Å². The molecule has 3 aliphatic rings. The molecule has 4 rings (SSSR count). The maximum Gasteiger partial charge on any atom is 0.334 e. The van der Waals surface area contributed by atoms with Crippen LogP contribution < -0.4 is 5.43 Å². The van der Waals surface area contributed by atoms with Crippen LogP contribution >= 0.6 is 0 Å². The fourth-order valence-corrected chi connectivity index (χ4v) is 5.71. The van der Waals surface area contributed by atoms with Crippen molar-refractivity contribution in [1.29, 1.82) is 0 Å². The van der Waals surface area contributed by atoms with Gasteiger partial charge in [0.25, 0.3) is 0 Å². The Morgan fingerprint density at radius 1 is 1.17 bits per heavy atom. The van der Waals surface area contributed by atoms with Crippen LogP contribution in [-0.4, -0.2) is 71.3 Å². The molecule has 2 amide bonds. The second-order valence-electron chi connectivity index (χ2n) is 10.0. The molecule has 1 aromatic carbocycles. The Kier molecular flexibility index (Phi) is 6.11. The quantitative estimate of drug-likeness (QED) is 0.720. The van der Waals surface area contributed by atoms with Gasteiger partial charge in [-0.25, -0.2) is 10.2 Å². The van der Waals surface area contributed by atoms with Crippen molar-refractivity contribution < 1.29 is 9.90 Å². The molecule has 0 unspecified atom stereocenters. The van der Waals surface area contributed by atoms with Gasteiger partial charge in [0.1, 0.15) is 0 Å². The zero-order chi connectivity index (χ0) is 21.4. The van der Waals surface area contributed by atoms with Crippen molar-refractivity contribution in [3.8, 4) is 0 Å². The highest BCUT2D eigenvalue weighted by molar-refractivity contribution is 5.78. The minimum atomic E-state index is -0.122. The first-order valence-corrected chi connectivity index (χ1v) is 11.6. The van der Waals surface area contributed by atoms with E-state index in [-0.39, 0.29) is 29.8 Å². The standard InChI is InChI=1S/C24H38N4O2/c1-19(17-29)25-28-18-23(27(22(28)30)16-20-8-7-9-20)12-14-24(15-13-23,26(2)3)21-10-5-4-6-11-21/h4-6,10-11,19-20,25,29H,7-9,12-18H2,1-3H3/t19-,23-,24+/m0/s1. The molecule has 1 saturated heterocycles. The Hall–Kier alpha value is -1.63. The van der Waals surface area contributed by atoms with E-state index in [1.165, 1.54) is 24.8 Å². The SMILES string of the molecule is C[C@@H](CO)NN1C[C@]2(CC[C@](c3ccccc3)(N(C)C)CC2)N(CC2CCC2)C1=O. The summed E-state index contributed by atoms with van der Waals surface area (Å²) in [6.07, 6.45) is 7.87. The molecule has 0 bridgehead atoms. The lowest BCUT2D eigenvalue weighted by atomic mass is 9.68. The lowest BCUT2D eigenvalue weighted by molar-refractivity contribution is 0.0150. The first-order valence-electron chi connectivity index (χ1n) is 11.6. The van der Waals surface area contributed by atoms with Crippen molar-refractivity contribution >= 4 is 6.03 Å². The zero-order valence-electron chi connectivity index (χ0n) is 18.8. The smallest absolute Gasteiger partial charge is 0.334 e. The van der Waals surface area contributed by atoms with Gasteiger partial charge in [-0.1, -0.05) is 36.8 Å². The summed E-state index contributed by atoms with van der Waals surface area (Å²) in [5.41, 5.74) is 4.54. The number of carbonyl (C=O) groups is 1. The van der Waals surface area contributed by atoms with E-state index in [2.05, 4.69) is 59.7 Å². The van der Waals surface area contributed by atoms with Gasteiger partial charge in [0.05, 0.1) is 18.7 Å². The summed E-state index contributed by atoms with van der Waals surface area (Å²) in [6.45, 7) is 3.53. The van der Waals surface area contributed by atoms with E-state index in [1.807, 2.05) is 6.92 Å². The van der Waals surface area contributed by atoms with Gasteiger partial charge >= 0.3 is 6.03 Å². The topological polar surface area (TPSA) is 59.1 Å². The first kappa shape index (κ1) is 21.6. The van der Waals surface area contributed by atoms with Gasteiger partial charge in [0.15, 0.2) is 0 Å². The number of nitrogens with one attached hydrogen (secondary N) is 1. The minimum Gasteiger partial charge on any atom is -0.395 e. The molecule has 0 radical (unpaired) electrons. The van der Waals surface area contributed by atoms with Crippen LogP contribution in [0, 0.1) is 5.92 Å². The predicted molar refractivity (Wildman–Crippen MR) is 119 cm³/mol. The molecule has 1 aliphatic heterocycles. The molecular formula is C24H38N4O2. The van der Waals surface area contributed by atoms with Gasteiger partial charge in [-0.2, -0.15) is 0 Å². The second-order valence-corrected chi connectivity index (χ2v) is 10.0. The van der Waals surface area contributed by atoms with Crippen LogP contribution in [-0.2, 0) is 5.54 Å². The van der Waals surface area contributed by atoms with Crippen LogP contribution in [0.1, 0.15) is 57.4 Å². The van der Waals surface area contributed by atoms with Crippen LogP contribution in [0.5, 0.6) is 0 Å². The molecular weight excluding hydrogens is 376 g/mol. The van der Waals surface area contributed by atoms with E-state index in [1.54, 1.807) is 5.01 Å². The second kappa shape index (κ2) is 8.48. The van der Waals surface area contributed by atoms with Crippen LogP contribution in [0.25, 0.3) is 0 Å². The number of carbonyl (C=O) groups excluding carboxylic acids is 1. The Balaban J connectivity index is 1.57. The third kappa shape index (κ3) is 3.74. The molecule has 3 fully saturated rings. The maximum atomic E-state index is 13.4. The summed E-state index contributed by atoms with van der Waals surface area (Å²) in [5, 5.41) is 11.3. The minimum absolute atomic E-state index is 0.0247. The van der Waals surface area contributed by atoms with Crippen molar-refractivity contribution in [2.75, 3.05) is 33.8 Å². The van der Waals surface area contributed by atoms with E-state index in [0.717, 1.165) is 32.2 Å². The number of nitrogens with zero attached hydrogens (tertiary/aromatic N) is 3. The molecule has 1 spiro atoms. The van der Waals surface area contributed by atoms with Gasteiger partial charge in [0, 0.05) is 18.1 Å². The fraction of sp³-hybridized carbons (Fsp3) is 0.708. The van der Waals surface area contributed by atoms with Crippen LogP contribution in [0.3, 0.4) is 0 Å². The van der Waals surface area contributed by atoms with E-state index in [9.17, 15) is 9.90 Å². The van der Waals surface area contributed by atoms with Crippen LogP contribution in [0.2, 0.25) is 0 Å². The Morgan fingerprint density at radius 3 is 2.37 bits per heavy atom. The Labute approximate surface area is 181 Å². The number of hydrogen-bond acceptors (Lipinski definition) is 4. The average molecular weight is 415 g/mol. The number of rotatable bonds is 7. The van der Waals surface area contributed by atoms with Gasteiger partial charge in [-0.05, 0) is 71.0 Å². The van der Waals surface area contributed by atoms with Crippen molar-refractivity contribution in [2.45, 2.75) is 69.0 Å². The monoisotopic (exact) mass is 414 g/mol. The van der Waals surface area contributed by atoms with Crippen molar-refractivity contribution in [2.24, 2.45) is 5.92 Å². The molecule has 2 aliphatic carbocycles. The van der Waals surface area contributed by atoms with Gasteiger partial charge in [0.2, 0.25) is 0 Å². The largest absolute Gasteiger partial charge is 0.395 e. The molecule has 166 valence electrons. The lowest BCUT2D eigenvalue weighted by Gasteiger charge is -2.51. The number of aliphatic hydroxyl groups excluding tert-OH is 1. The highest BCUT2D eigenvalue weighted by atomic mass is 16.3. The summed E-state index contributed by atoms with van der Waals surface area (Å²) in [6, 6.07) is 10.8. The molecule has 2 saturated carbocycles. The fourth-order valence-electron chi connectivity index (χ4n) is 5.71. The molecule has 0 aromatic heterocycles. The summed E-state index contributed by atoms with van der Waals surface area (Å²) < 4.78 is 0. The van der Waals surface area contributed by atoms with E-state index in [4.69, 9.17) is 0 Å². The van der Waals surface area contributed by atoms with Crippen molar-refractivity contribution in [3.05, 3.63) is 35.9 Å². The summed E-state index contributed by atoms with van der Waals surface area (Å²) in [5.74, 6) is 0.649.